The second-order valence-corrected chi connectivity index (χ2v) is 1.45. The molecule has 1 heterocycles. The first-order valence-electron chi connectivity index (χ1n) is 2.38. The number of nitrogen functional groups attached to an aromatic ring is 1. The lowest BCUT2D eigenvalue weighted by atomic mass is 10.5. The molecule has 3 heteroatoms. The van der Waals surface area contributed by atoms with Crippen molar-refractivity contribution in [1.82, 2.24) is 9.97 Å². The number of anilines is 1. The molecule has 3 nitrogen and oxygen atoms in total. The van der Waals surface area contributed by atoms with E-state index >= 15 is 0 Å². The Balaban J connectivity index is 3.12. The number of terminal acetylenes is 1. The van der Waals surface area contributed by atoms with Crippen molar-refractivity contribution in [3.05, 3.63) is 18.1 Å². The van der Waals surface area contributed by atoms with Crippen LogP contribution in [-0.4, -0.2) is 9.97 Å². The third-order valence-corrected chi connectivity index (χ3v) is 0.806. The normalized spacial score (nSPS) is 8.33. The smallest absolute Gasteiger partial charge is 0.206 e. The summed E-state index contributed by atoms with van der Waals surface area (Å²) >= 11 is 0. The zero-order valence-electron chi connectivity index (χ0n) is 4.70. The molecule has 0 amide bonds. The number of nitrogens with zero attached hydrogens (tertiary/aromatic N) is 2. The van der Waals surface area contributed by atoms with Gasteiger partial charge in [-0.2, -0.15) is 0 Å². The summed E-state index contributed by atoms with van der Waals surface area (Å²) < 4.78 is 0. The second-order valence-electron chi connectivity index (χ2n) is 1.45. The molecule has 9 heavy (non-hydrogen) atoms. The van der Waals surface area contributed by atoms with E-state index in [1.165, 1.54) is 6.20 Å². The van der Waals surface area contributed by atoms with Gasteiger partial charge >= 0.3 is 0 Å². The molecule has 0 aliphatic rings. The van der Waals surface area contributed by atoms with E-state index in [-0.39, 0.29) is 0 Å². The van der Waals surface area contributed by atoms with Crippen molar-refractivity contribution in [3.63, 3.8) is 0 Å². The molecule has 0 aromatic carbocycles. The molecule has 0 spiro atoms. The lowest BCUT2D eigenvalue weighted by Gasteiger charge is -1.88. The quantitative estimate of drug-likeness (QED) is 0.490. The zero-order chi connectivity index (χ0) is 6.69. The molecule has 1 aromatic rings. The summed E-state index contributed by atoms with van der Waals surface area (Å²) in [6.45, 7) is 0. The molecule has 0 fully saturated rings. The standard InChI is InChI=1S/C6H5N3/c1-2-6-8-4-3-5(7)9-6/h1,3-4H,(H2,7,8,9). The van der Waals surface area contributed by atoms with Crippen molar-refractivity contribution in [2.45, 2.75) is 0 Å². The second kappa shape index (κ2) is 2.14. The average Bonchev–Trinajstić information content (AvgIpc) is 1.88. The molecule has 2 N–H and O–H groups in total. The molecule has 0 aliphatic carbocycles. The number of aromatic nitrogens is 2. The maximum absolute atomic E-state index is 5.29. The van der Waals surface area contributed by atoms with E-state index < -0.39 is 0 Å². The molecule has 1 rings (SSSR count). The highest BCUT2D eigenvalue weighted by molar-refractivity contribution is 5.29. The summed E-state index contributed by atoms with van der Waals surface area (Å²) in [4.78, 5) is 7.45. The van der Waals surface area contributed by atoms with Crippen LogP contribution in [0.3, 0.4) is 0 Å². The summed E-state index contributed by atoms with van der Waals surface area (Å²) in [7, 11) is 0. The molecule has 0 aliphatic heterocycles. The van der Waals surface area contributed by atoms with Crippen LogP contribution >= 0.6 is 0 Å². The fraction of sp³-hybridized carbons (Fsp3) is 0. The zero-order valence-corrected chi connectivity index (χ0v) is 4.70. The van der Waals surface area contributed by atoms with Gasteiger partial charge in [-0.05, 0) is 12.0 Å². The van der Waals surface area contributed by atoms with Crippen LogP contribution in [0.1, 0.15) is 5.82 Å². The molecular formula is C6H5N3. The van der Waals surface area contributed by atoms with E-state index in [9.17, 15) is 0 Å². The third kappa shape index (κ3) is 1.16. The third-order valence-electron chi connectivity index (χ3n) is 0.806. The average molecular weight is 119 g/mol. The van der Waals surface area contributed by atoms with Gasteiger partial charge in [-0.25, -0.2) is 9.97 Å². The first-order valence-corrected chi connectivity index (χ1v) is 2.38. The van der Waals surface area contributed by atoms with Crippen LogP contribution in [0, 0.1) is 12.3 Å². The van der Waals surface area contributed by atoms with Gasteiger partial charge in [0.1, 0.15) is 5.82 Å². The van der Waals surface area contributed by atoms with Crippen molar-refractivity contribution in [2.75, 3.05) is 5.73 Å². The summed E-state index contributed by atoms with van der Waals surface area (Å²) in [6, 6.07) is 1.58. The Hall–Kier alpha value is -1.56. The summed E-state index contributed by atoms with van der Waals surface area (Å²) in [5, 5.41) is 0. The summed E-state index contributed by atoms with van der Waals surface area (Å²) in [5.74, 6) is 3.00. The van der Waals surface area contributed by atoms with Crippen LogP contribution in [0.5, 0.6) is 0 Å². The molecule has 1 aromatic heterocycles. The van der Waals surface area contributed by atoms with E-state index in [2.05, 4.69) is 15.9 Å². The van der Waals surface area contributed by atoms with Crippen molar-refractivity contribution < 1.29 is 0 Å². The maximum atomic E-state index is 5.29. The SMILES string of the molecule is C#Cc1nccc(N)n1. The highest BCUT2D eigenvalue weighted by Gasteiger charge is 1.87. The van der Waals surface area contributed by atoms with Gasteiger partial charge in [-0.15, -0.1) is 6.42 Å². The lowest BCUT2D eigenvalue weighted by Crippen LogP contribution is -1.93. The van der Waals surface area contributed by atoms with Gasteiger partial charge in [0.25, 0.3) is 0 Å². The predicted molar refractivity (Wildman–Crippen MR) is 34.4 cm³/mol. The largest absolute Gasteiger partial charge is 0.384 e. The highest BCUT2D eigenvalue weighted by Crippen LogP contribution is 1.92. The molecular weight excluding hydrogens is 114 g/mol. The first kappa shape index (κ1) is 5.57. The topological polar surface area (TPSA) is 51.8 Å². The van der Waals surface area contributed by atoms with Crippen LogP contribution < -0.4 is 5.73 Å². The predicted octanol–water partition coefficient (Wildman–Crippen LogP) is 0.0401. The summed E-state index contributed by atoms with van der Waals surface area (Å²) in [6.07, 6.45) is 6.51. The van der Waals surface area contributed by atoms with Gasteiger partial charge in [0.2, 0.25) is 5.82 Å². The van der Waals surface area contributed by atoms with Crippen LogP contribution in [0.15, 0.2) is 12.3 Å². The Morgan fingerprint density at radius 1 is 1.67 bits per heavy atom. The van der Waals surface area contributed by atoms with Gasteiger partial charge in [0, 0.05) is 6.20 Å². The Morgan fingerprint density at radius 3 is 2.89 bits per heavy atom. The van der Waals surface area contributed by atoms with Gasteiger partial charge < -0.3 is 5.73 Å². The van der Waals surface area contributed by atoms with Crippen molar-refractivity contribution in [2.24, 2.45) is 0 Å². The van der Waals surface area contributed by atoms with E-state index in [0.29, 0.717) is 11.6 Å². The molecule has 0 atom stereocenters. The van der Waals surface area contributed by atoms with Crippen molar-refractivity contribution in [3.8, 4) is 12.3 Å². The lowest BCUT2D eigenvalue weighted by molar-refractivity contribution is 1.14. The maximum Gasteiger partial charge on any atom is 0.206 e. The Bertz CT molecular complexity index is 249. The van der Waals surface area contributed by atoms with Gasteiger partial charge in [-0.1, -0.05) is 0 Å². The Labute approximate surface area is 52.9 Å². The fourth-order valence-electron chi connectivity index (χ4n) is 0.442. The van der Waals surface area contributed by atoms with Crippen LogP contribution in [-0.2, 0) is 0 Å². The molecule has 0 radical (unpaired) electrons. The molecule has 0 bridgehead atoms. The molecule has 0 saturated heterocycles. The minimum absolute atomic E-state index is 0.329. The van der Waals surface area contributed by atoms with Crippen molar-refractivity contribution >= 4 is 5.82 Å². The van der Waals surface area contributed by atoms with Crippen LogP contribution in [0.25, 0.3) is 0 Å². The molecule has 0 unspecified atom stereocenters. The monoisotopic (exact) mass is 119 g/mol. The number of hydrogen-bond donors (Lipinski definition) is 1. The first-order chi connectivity index (χ1) is 4.33. The minimum Gasteiger partial charge on any atom is -0.384 e. The Morgan fingerprint density at radius 2 is 2.44 bits per heavy atom. The van der Waals surface area contributed by atoms with Gasteiger partial charge in [-0.3, -0.25) is 0 Å². The number of hydrogen-bond acceptors (Lipinski definition) is 3. The highest BCUT2D eigenvalue weighted by atomic mass is 14.9. The number of rotatable bonds is 0. The van der Waals surface area contributed by atoms with E-state index in [1.807, 2.05) is 0 Å². The summed E-state index contributed by atoms with van der Waals surface area (Å²) in [5.41, 5.74) is 5.29. The van der Waals surface area contributed by atoms with E-state index in [4.69, 9.17) is 12.2 Å². The number of nitrogens with two attached hydrogens (primary N) is 1. The van der Waals surface area contributed by atoms with Crippen LogP contribution in [0.2, 0.25) is 0 Å². The van der Waals surface area contributed by atoms with E-state index in [0.717, 1.165) is 0 Å². The van der Waals surface area contributed by atoms with Crippen LogP contribution in [0.4, 0.5) is 5.82 Å². The molecule has 0 saturated carbocycles. The van der Waals surface area contributed by atoms with Crippen molar-refractivity contribution in [1.29, 1.82) is 0 Å². The minimum atomic E-state index is 0.329. The fourth-order valence-corrected chi connectivity index (χ4v) is 0.442. The van der Waals surface area contributed by atoms with Gasteiger partial charge in [0.15, 0.2) is 0 Å². The van der Waals surface area contributed by atoms with E-state index in [1.54, 1.807) is 6.07 Å². The molecule has 44 valence electrons. The Kier molecular flexibility index (Phi) is 1.32. The van der Waals surface area contributed by atoms with Gasteiger partial charge in [0.05, 0.1) is 0 Å².